The topological polar surface area (TPSA) is 27.7 Å². The van der Waals surface area contributed by atoms with Gasteiger partial charge in [-0.05, 0) is 51.4 Å². The van der Waals surface area contributed by atoms with Crippen LogP contribution in [-0.2, 0) is 14.2 Å². The zero-order valence-electron chi connectivity index (χ0n) is 14.7. The van der Waals surface area contributed by atoms with Gasteiger partial charge in [-0.2, -0.15) is 0 Å². The lowest BCUT2D eigenvalue weighted by atomic mass is 9.75. The Hall–Kier alpha value is -0.120. The third-order valence-electron chi connectivity index (χ3n) is 6.84. The monoisotopic (exact) mass is 322 g/mol. The molecule has 4 rings (SSSR count). The molecule has 2 unspecified atom stereocenters. The molecule has 3 nitrogen and oxygen atoms in total. The summed E-state index contributed by atoms with van der Waals surface area (Å²) < 4.78 is 19.6. The molecule has 3 heteroatoms. The highest BCUT2D eigenvalue weighted by atomic mass is 16.6. The van der Waals surface area contributed by atoms with Crippen LogP contribution in [0.15, 0.2) is 0 Å². The lowest BCUT2D eigenvalue weighted by Crippen LogP contribution is -2.57. The molecular formula is C20H34O3. The zero-order valence-corrected chi connectivity index (χ0v) is 14.7. The van der Waals surface area contributed by atoms with Crippen LogP contribution in [0.1, 0.15) is 89.9 Å². The van der Waals surface area contributed by atoms with Crippen LogP contribution in [-0.4, -0.2) is 36.6 Å². The predicted octanol–water partition coefficient (Wildman–Crippen LogP) is 4.77. The fourth-order valence-corrected chi connectivity index (χ4v) is 5.67. The first kappa shape index (κ1) is 16.4. The van der Waals surface area contributed by atoms with Crippen LogP contribution in [0.3, 0.4) is 0 Å². The number of hydrogen-bond donors (Lipinski definition) is 0. The molecule has 0 bridgehead atoms. The van der Waals surface area contributed by atoms with E-state index in [1.807, 2.05) is 0 Å². The molecule has 2 saturated carbocycles. The van der Waals surface area contributed by atoms with Crippen LogP contribution in [0.4, 0.5) is 0 Å². The van der Waals surface area contributed by atoms with Crippen molar-refractivity contribution in [2.24, 2.45) is 0 Å². The van der Waals surface area contributed by atoms with E-state index in [1.165, 1.54) is 89.9 Å². The molecule has 0 aromatic rings. The van der Waals surface area contributed by atoms with Gasteiger partial charge in [-0.15, -0.1) is 0 Å². The average Bonchev–Trinajstić information content (AvgIpc) is 3.31. The van der Waals surface area contributed by atoms with Gasteiger partial charge in [0.25, 0.3) is 0 Å². The van der Waals surface area contributed by atoms with Gasteiger partial charge in [0.05, 0.1) is 23.4 Å². The van der Waals surface area contributed by atoms with Crippen molar-refractivity contribution in [1.82, 2.24) is 0 Å². The Morgan fingerprint density at radius 2 is 1.00 bits per heavy atom. The zero-order chi connectivity index (χ0) is 15.6. The molecule has 4 fully saturated rings. The summed E-state index contributed by atoms with van der Waals surface area (Å²) >= 11 is 0. The molecule has 0 amide bonds. The van der Waals surface area contributed by atoms with Gasteiger partial charge in [0.2, 0.25) is 0 Å². The first-order valence-corrected chi connectivity index (χ1v) is 10.3. The molecule has 0 spiro atoms. The predicted molar refractivity (Wildman–Crippen MR) is 90.7 cm³/mol. The van der Waals surface area contributed by atoms with Crippen LogP contribution in [0.5, 0.6) is 0 Å². The van der Waals surface area contributed by atoms with E-state index < -0.39 is 0 Å². The van der Waals surface area contributed by atoms with Gasteiger partial charge in [0.15, 0.2) is 0 Å². The highest BCUT2D eigenvalue weighted by Gasteiger charge is 2.52. The molecule has 0 radical (unpaired) electrons. The van der Waals surface area contributed by atoms with Crippen molar-refractivity contribution >= 4 is 0 Å². The normalized spacial score (nSPS) is 37.0. The minimum Gasteiger partial charge on any atom is -0.375 e. The van der Waals surface area contributed by atoms with E-state index in [1.54, 1.807) is 0 Å². The van der Waals surface area contributed by atoms with Crippen molar-refractivity contribution in [2.45, 2.75) is 113 Å². The van der Waals surface area contributed by atoms with Gasteiger partial charge in [0.1, 0.15) is 0 Å². The second-order valence-corrected chi connectivity index (χ2v) is 8.36. The standard InChI is InChI=1S/C20H34O3/c1-3-11-19(12-4-1,17-9-7-15-21-17)23-20(13-5-2-6-14-20)18-10-8-16-22-18/h17-18H,1-16H2. The minimum absolute atomic E-state index is 0.0158. The molecule has 2 heterocycles. The third-order valence-corrected chi connectivity index (χ3v) is 6.84. The average molecular weight is 322 g/mol. The molecule has 4 aliphatic rings. The van der Waals surface area contributed by atoms with Crippen LogP contribution < -0.4 is 0 Å². The van der Waals surface area contributed by atoms with Crippen LogP contribution in [0.2, 0.25) is 0 Å². The molecule has 2 aliphatic heterocycles. The van der Waals surface area contributed by atoms with E-state index in [2.05, 4.69) is 0 Å². The van der Waals surface area contributed by atoms with Crippen molar-refractivity contribution in [2.75, 3.05) is 13.2 Å². The van der Waals surface area contributed by atoms with Crippen molar-refractivity contribution in [3.63, 3.8) is 0 Å². The Balaban J connectivity index is 1.59. The lowest BCUT2D eigenvalue weighted by Gasteiger charge is -2.51. The number of rotatable bonds is 4. The summed E-state index contributed by atoms with van der Waals surface area (Å²) in [6, 6.07) is 0. The Morgan fingerprint density at radius 1 is 0.565 bits per heavy atom. The Bertz CT molecular complexity index is 334. The fourth-order valence-electron chi connectivity index (χ4n) is 5.67. The van der Waals surface area contributed by atoms with Crippen LogP contribution >= 0.6 is 0 Å². The molecule has 23 heavy (non-hydrogen) atoms. The van der Waals surface area contributed by atoms with E-state index in [9.17, 15) is 0 Å². The lowest BCUT2D eigenvalue weighted by molar-refractivity contribution is -0.254. The Morgan fingerprint density at radius 3 is 1.35 bits per heavy atom. The van der Waals surface area contributed by atoms with E-state index in [0.29, 0.717) is 12.2 Å². The first-order chi connectivity index (χ1) is 11.3. The molecule has 132 valence electrons. The van der Waals surface area contributed by atoms with E-state index in [4.69, 9.17) is 14.2 Å². The van der Waals surface area contributed by atoms with E-state index in [-0.39, 0.29) is 11.2 Å². The van der Waals surface area contributed by atoms with Gasteiger partial charge in [-0.1, -0.05) is 38.5 Å². The maximum atomic E-state index is 7.23. The Labute approximate surface area is 141 Å². The summed E-state index contributed by atoms with van der Waals surface area (Å²) in [7, 11) is 0. The second kappa shape index (κ2) is 7.01. The van der Waals surface area contributed by atoms with Crippen LogP contribution in [0.25, 0.3) is 0 Å². The SMILES string of the molecule is C1CCC(OC2(C3CCCO3)CCCCC2)(C2CCCO2)CC1. The summed E-state index contributed by atoms with van der Waals surface area (Å²) in [6.45, 7) is 1.87. The maximum Gasteiger partial charge on any atom is 0.0951 e. The molecular weight excluding hydrogens is 288 g/mol. The summed E-state index contributed by atoms with van der Waals surface area (Å²) in [5.41, 5.74) is -0.0317. The first-order valence-electron chi connectivity index (χ1n) is 10.3. The molecule has 0 aromatic carbocycles. The number of hydrogen-bond acceptors (Lipinski definition) is 3. The van der Waals surface area contributed by atoms with Gasteiger partial charge >= 0.3 is 0 Å². The Kier molecular flexibility index (Phi) is 4.99. The minimum atomic E-state index is -0.0158. The smallest absolute Gasteiger partial charge is 0.0951 e. The fraction of sp³-hybridized carbons (Fsp3) is 1.00. The van der Waals surface area contributed by atoms with Gasteiger partial charge in [-0.25, -0.2) is 0 Å². The highest BCUT2D eigenvalue weighted by Crippen LogP contribution is 2.48. The van der Waals surface area contributed by atoms with E-state index in [0.717, 1.165) is 13.2 Å². The van der Waals surface area contributed by atoms with Crippen molar-refractivity contribution in [1.29, 1.82) is 0 Å². The second-order valence-electron chi connectivity index (χ2n) is 8.36. The molecule has 2 atom stereocenters. The van der Waals surface area contributed by atoms with Crippen molar-refractivity contribution in [3.05, 3.63) is 0 Å². The van der Waals surface area contributed by atoms with Gasteiger partial charge in [0, 0.05) is 13.2 Å². The summed E-state index contributed by atoms with van der Waals surface area (Å²) in [5.74, 6) is 0. The molecule has 2 saturated heterocycles. The highest BCUT2D eigenvalue weighted by molar-refractivity contribution is 5.02. The maximum absolute atomic E-state index is 7.23. The largest absolute Gasteiger partial charge is 0.375 e. The van der Waals surface area contributed by atoms with Crippen LogP contribution in [0, 0.1) is 0 Å². The summed E-state index contributed by atoms with van der Waals surface area (Å²) in [4.78, 5) is 0. The number of ether oxygens (including phenoxy) is 3. The molecule has 0 N–H and O–H groups in total. The van der Waals surface area contributed by atoms with Gasteiger partial charge < -0.3 is 14.2 Å². The quantitative estimate of drug-likeness (QED) is 0.746. The summed E-state index contributed by atoms with van der Waals surface area (Å²) in [6.07, 6.45) is 18.2. The van der Waals surface area contributed by atoms with Crippen molar-refractivity contribution < 1.29 is 14.2 Å². The van der Waals surface area contributed by atoms with Gasteiger partial charge in [-0.3, -0.25) is 0 Å². The molecule has 2 aliphatic carbocycles. The van der Waals surface area contributed by atoms with E-state index >= 15 is 0 Å². The summed E-state index contributed by atoms with van der Waals surface area (Å²) in [5, 5.41) is 0. The third kappa shape index (κ3) is 3.21. The molecule has 0 aromatic heterocycles. The van der Waals surface area contributed by atoms with Crippen molar-refractivity contribution in [3.8, 4) is 0 Å².